The quantitative estimate of drug-likeness (QED) is 0.711. The van der Waals surface area contributed by atoms with E-state index in [0.717, 1.165) is 13.1 Å². The highest BCUT2D eigenvalue weighted by molar-refractivity contribution is 5.85. The third-order valence-electron chi connectivity index (χ3n) is 2.43. The number of ether oxygens (including phenoxy) is 1. The molecule has 0 aliphatic carbocycles. The Morgan fingerprint density at radius 2 is 2.08 bits per heavy atom. The highest BCUT2D eigenvalue weighted by Crippen LogP contribution is 2.29. The molecule has 4 nitrogen and oxygen atoms in total. The summed E-state index contributed by atoms with van der Waals surface area (Å²) < 4.78 is 4.94. The molecule has 0 unspecified atom stereocenters. The summed E-state index contributed by atoms with van der Waals surface area (Å²) >= 11 is 0. The summed E-state index contributed by atoms with van der Waals surface area (Å²) in [6.07, 6.45) is 1.33. The molecule has 5 heteroatoms. The van der Waals surface area contributed by atoms with Crippen LogP contribution >= 0.6 is 12.4 Å². The van der Waals surface area contributed by atoms with Crippen molar-refractivity contribution >= 4 is 18.4 Å². The highest BCUT2D eigenvalue weighted by atomic mass is 35.5. The lowest BCUT2D eigenvalue weighted by molar-refractivity contribution is -0.154. The van der Waals surface area contributed by atoms with E-state index in [1.165, 1.54) is 0 Å². The molecule has 0 amide bonds. The van der Waals surface area contributed by atoms with Gasteiger partial charge in [-0.2, -0.15) is 0 Å². The summed E-state index contributed by atoms with van der Waals surface area (Å²) in [5.41, 5.74) is -0.639. The van der Waals surface area contributed by atoms with Crippen molar-refractivity contribution in [3.8, 4) is 0 Å². The van der Waals surface area contributed by atoms with E-state index >= 15 is 0 Å². The Balaban J connectivity index is 0.00000144. The first-order valence-corrected chi connectivity index (χ1v) is 4.14. The average Bonchev–Trinajstić information content (AvgIpc) is 2.06. The molecule has 1 rings (SSSR count). The number of methoxy groups -OCH3 is 1. The van der Waals surface area contributed by atoms with Gasteiger partial charge in [0.05, 0.1) is 12.0 Å². The molecule has 78 valence electrons. The number of piperidine rings is 1. The molecule has 1 heterocycles. The van der Waals surface area contributed by atoms with E-state index in [1.54, 1.807) is 7.11 Å². The lowest BCUT2D eigenvalue weighted by Gasteiger charge is -2.32. The van der Waals surface area contributed by atoms with E-state index in [2.05, 4.69) is 5.32 Å². The Labute approximate surface area is 84.1 Å². The molecule has 0 aromatic carbocycles. The maximum absolute atomic E-state index is 11.0. The molecule has 13 heavy (non-hydrogen) atoms. The molecule has 2 N–H and O–H groups in total. The van der Waals surface area contributed by atoms with Gasteiger partial charge in [0, 0.05) is 7.11 Å². The molecule has 0 aromatic heterocycles. The average molecular weight is 210 g/mol. The molecule has 1 aliphatic rings. The number of nitrogens with one attached hydrogen (secondary N) is 1. The summed E-state index contributed by atoms with van der Waals surface area (Å²) in [6.45, 7) is 1.87. The molecule has 0 bridgehead atoms. The van der Waals surface area contributed by atoms with Gasteiger partial charge in [-0.05, 0) is 25.9 Å². The Kier molecular flexibility index (Phi) is 5.29. The molecule has 0 atom stereocenters. The smallest absolute Gasteiger partial charge is 0.312 e. The van der Waals surface area contributed by atoms with Crippen LogP contribution in [0.15, 0.2) is 0 Å². The molecule has 1 saturated heterocycles. The Morgan fingerprint density at radius 3 is 2.46 bits per heavy atom. The topological polar surface area (TPSA) is 58.6 Å². The number of carboxylic acid groups (broad SMARTS) is 1. The summed E-state index contributed by atoms with van der Waals surface area (Å²) in [4.78, 5) is 11.0. The number of carboxylic acids is 1. The number of hydrogen-bond acceptors (Lipinski definition) is 3. The van der Waals surface area contributed by atoms with E-state index in [1.807, 2.05) is 0 Å². The van der Waals surface area contributed by atoms with Crippen molar-refractivity contribution in [1.82, 2.24) is 5.32 Å². The van der Waals surface area contributed by atoms with E-state index in [4.69, 9.17) is 9.84 Å². The molecule has 0 spiro atoms. The second kappa shape index (κ2) is 5.42. The van der Waals surface area contributed by atoms with E-state index < -0.39 is 11.4 Å². The molecule has 1 fully saturated rings. The molecule has 0 aromatic rings. The molecular weight excluding hydrogens is 194 g/mol. The summed E-state index contributed by atoms with van der Waals surface area (Å²) in [5.74, 6) is -0.731. The zero-order chi connectivity index (χ0) is 9.03. The summed E-state index contributed by atoms with van der Waals surface area (Å²) in [7, 11) is 1.55. The van der Waals surface area contributed by atoms with Crippen LogP contribution in [0.3, 0.4) is 0 Å². The Morgan fingerprint density at radius 1 is 1.54 bits per heavy atom. The fourth-order valence-corrected chi connectivity index (χ4v) is 1.60. The predicted molar refractivity (Wildman–Crippen MR) is 51.3 cm³/mol. The summed E-state index contributed by atoms with van der Waals surface area (Å²) in [5, 5.41) is 12.1. The van der Waals surface area contributed by atoms with Crippen LogP contribution in [0, 0.1) is 5.41 Å². The molecule has 1 aliphatic heterocycles. The van der Waals surface area contributed by atoms with E-state index in [-0.39, 0.29) is 12.4 Å². The van der Waals surface area contributed by atoms with Gasteiger partial charge in [-0.3, -0.25) is 4.79 Å². The van der Waals surface area contributed by atoms with Gasteiger partial charge in [-0.1, -0.05) is 0 Å². The number of hydrogen-bond donors (Lipinski definition) is 2. The van der Waals surface area contributed by atoms with Gasteiger partial charge in [0.2, 0.25) is 0 Å². The summed E-state index contributed by atoms with van der Waals surface area (Å²) in [6, 6.07) is 0. The van der Waals surface area contributed by atoms with Crippen molar-refractivity contribution in [1.29, 1.82) is 0 Å². The minimum absolute atomic E-state index is 0. The van der Waals surface area contributed by atoms with Crippen LogP contribution in [0.2, 0.25) is 0 Å². The SMILES string of the molecule is COCC1(C(=O)O)CCNCC1.Cl. The Hall–Kier alpha value is -0.320. The van der Waals surface area contributed by atoms with Crippen LogP contribution in [0.1, 0.15) is 12.8 Å². The van der Waals surface area contributed by atoms with Crippen molar-refractivity contribution in [3.05, 3.63) is 0 Å². The van der Waals surface area contributed by atoms with Gasteiger partial charge in [0.1, 0.15) is 0 Å². The first-order chi connectivity index (χ1) is 5.71. The van der Waals surface area contributed by atoms with Crippen molar-refractivity contribution in [2.45, 2.75) is 12.8 Å². The zero-order valence-corrected chi connectivity index (χ0v) is 8.52. The largest absolute Gasteiger partial charge is 0.481 e. The van der Waals surface area contributed by atoms with Crippen LogP contribution in [0.4, 0.5) is 0 Å². The first-order valence-electron chi connectivity index (χ1n) is 4.14. The van der Waals surface area contributed by atoms with E-state index in [9.17, 15) is 4.79 Å². The van der Waals surface area contributed by atoms with Crippen LogP contribution in [0.25, 0.3) is 0 Å². The van der Waals surface area contributed by atoms with Gasteiger partial charge >= 0.3 is 5.97 Å². The normalized spacial score (nSPS) is 20.4. The second-order valence-corrected chi connectivity index (χ2v) is 3.27. The maximum atomic E-state index is 11.0. The van der Waals surface area contributed by atoms with Crippen molar-refractivity contribution in [2.75, 3.05) is 26.8 Å². The lowest BCUT2D eigenvalue weighted by Crippen LogP contribution is -2.45. The number of aliphatic carboxylic acids is 1. The van der Waals surface area contributed by atoms with Crippen LogP contribution in [-0.2, 0) is 9.53 Å². The third-order valence-corrected chi connectivity index (χ3v) is 2.43. The maximum Gasteiger partial charge on any atom is 0.312 e. The fourth-order valence-electron chi connectivity index (χ4n) is 1.60. The first kappa shape index (κ1) is 12.7. The van der Waals surface area contributed by atoms with Crippen LogP contribution < -0.4 is 5.32 Å². The van der Waals surface area contributed by atoms with Gasteiger partial charge in [0.15, 0.2) is 0 Å². The minimum atomic E-state index is -0.731. The van der Waals surface area contributed by atoms with Crippen molar-refractivity contribution in [3.63, 3.8) is 0 Å². The van der Waals surface area contributed by atoms with Gasteiger partial charge < -0.3 is 15.2 Å². The van der Waals surface area contributed by atoms with Crippen molar-refractivity contribution < 1.29 is 14.6 Å². The van der Waals surface area contributed by atoms with Crippen LogP contribution in [0.5, 0.6) is 0 Å². The van der Waals surface area contributed by atoms with Crippen molar-refractivity contribution in [2.24, 2.45) is 5.41 Å². The van der Waals surface area contributed by atoms with Gasteiger partial charge in [-0.15, -0.1) is 12.4 Å². The predicted octanol–water partition coefficient (Wildman–Crippen LogP) is 0.509. The Bertz CT molecular complexity index is 163. The van der Waals surface area contributed by atoms with Gasteiger partial charge in [-0.25, -0.2) is 0 Å². The molecular formula is C8H16ClNO3. The van der Waals surface area contributed by atoms with Gasteiger partial charge in [0.25, 0.3) is 0 Å². The molecule has 0 saturated carbocycles. The standard InChI is InChI=1S/C8H15NO3.ClH/c1-12-6-8(7(10)11)2-4-9-5-3-8;/h9H,2-6H2,1H3,(H,10,11);1H. The van der Waals surface area contributed by atoms with Crippen LogP contribution in [-0.4, -0.2) is 37.9 Å². The number of halogens is 1. The second-order valence-electron chi connectivity index (χ2n) is 3.27. The number of carbonyl (C=O) groups is 1. The zero-order valence-electron chi connectivity index (χ0n) is 7.71. The third kappa shape index (κ3) is 2.83. The highest BCUT2D eigenvalue weighted by Gasteiger charge is 2.39. The monoisotopic (exact) mass is 209 g/mol. The fraction of sp³-hybridized carbons (Fsp3) is 0.875. The lowest BCUT2D eigenvalue weighted by atomic mass is 9.80. The number of rotatable bonds is 3. The minimum Gasteiger partial charge on any atom is -0.481 e. The van der Waals surface area contributed by atoms with E-state index in [0.29, 0.717) is 19.4 Å². The molecule has 0 radical (unpaired) electrons.